The number of hydrogen-bond acceptors (Lipinski definition) is 1. The van der Waals surface area contributed by atoms with Gasteiger partial charge in [0.15, 0.2) is 0 Å². The molecule has 0 radical (unpaired) electrons. The molecular formula is C58H47N. The maximum absolute atomic E-state index is 2.37. The molecule has 0 aromatic heterocycles. The molecule has 0 amide bonds. The van der Waals surface area contributed by atoms with Gasteiger partial charge in [0.05, 0.1) is 0 Å². The molecule has 0 spiro atoms. The molecule has 1 heteroatoms. The van der Waals surface area contributed by atoms with Gasteiger partial charge in [0.1, 0.15) is 0 Å². The van der Waals surface area contributed by atoms with Gasteiger partial charge in [-0.15, -0.1) is 0 Å². The number of benzene rings is 8. The second kappa shape index (κ2) is 14.5. The van der Waals surface area contributed by atoms with Crippen LogP contribution in [0.15, 0.2) is 200 Å². The zero-order valence-corrected chi connectivity index (χ0v) is 34.2. The molecule has 2 aliphatic rings. The molecule has 0 atom stereocenters. The summed E-state index contributed by atoms with van der Waals surface area (Å²) in [5.41, 5.74) is 21.2. The summed E-state index contributed by atoms with van der Waals surface area (Å²) >= 11 is 0. The monoisotopic (exact) mass is 757 g/mol. The van der Waals surface area contributed by atoms with Crippen LogP contribution in [0.4, 0.5) is 17.1 Å². The van der Waals surface area contributed by atoms with E-state index in [1.165, 1.54) is 77.9 Å². The van der Waals surface area contributed by atoms with Crippen molar-refractivity contribution >= 4 is 40.4 Å². The van der Waals surface area contributed by atoms with Crippen LogP contribution < -0.4 is 4.90 Å². The molecule has 1 nitrogen and oxygen atoms in total. The minimum atomic E-state index is -0.0593. The smallest absolute Gasteiger partial charge is 0.0462 e. The van der Waals surface area contributed by atoms with E-state index >= 15 is 0 Å². The van der Waals surface area contributed by atoms with E-state index in [9.17, 15) is 0 Å². The number of allylic oxidation sites excluding steroid dienone is 2. The highest BCUT2D eigenvalue weighted by molar-refractivity contribution is 5.95. The van der Waals surface area contributed by atoms with E-state index in [2.05, 4.69) is 245 Å². The minimum absolute atomic E-state index is 0.0259. The number of hydrogen-bond donors (Lipinski definition) is 0. The summed E-state index contributed by atoms with van der Waals surface area (Å²) in [6.07, 6.45) is 4.72. The Kier molecular flexibility index (Phi) is 8.91. The lowest BCUT2D eigenvalue weighted by molar-refractivity contribution is 0.704. The summed E-state index contributed by atoms with van der Waals surface area (Å²) in [6.45, 7) is 9.34. The van der Waals surface area contributed by atoms with Crippen LogP contribution in [-0.4, -0.2) is 0 Å². The fraction of sp³-hybridized carbons (Fsp3) is 0.103. The second-order valence-electron chi connectivity index (χ2n) is 17.0. The van der Waals surface area contributed by atoms with Crippen molar-refractivity contribution in [2.75, 3.05) is 4.90 Å². The Labute approximate surface area is 349 Å². The summed E-state index contributed by atoms with van der Waals surface area (Å²) in [4.78, 5) is 2.37. The van der Waals surface area contributed by atoms with E-state index < -0.39 is 0 Å². The third kappa shape index (κ3) is 6.54. The average molecular weight is 758 g/mol. The van der Waals surface area contributed by atoms with Crippen molar-refractivity contribution in [3.63, 3.8) is 0 Å². The van der Waals surface area contributed by atoms with E-state index in [-0.39, 0.29) is 10.8 Å². The standard InChI is InChI=1S/C58H47N/c1-57(2)53-16-10-8-14-48(53)38-55(57)46-24-22-43(23-25-46)45-28-34-51(35-29-45)59(52-36-30-47(31-37-52)56-39-49-15-9-11-17-54(49)58(56,3)4)50-32-26-44(27-33-50)42-20-18-41(19-21-42)40-12-6-5-7-13-40/h5-39H,1-4H3. The fourth-order valence-electron chi connectivity index (χ4n) is 9.41. The summed E-state index contributed by atoms with van der Waals surface area (Å²) in [6, 6.07) is 73.2. The Bertz CT molecular complexity index is 2850. The van der Waals surface area contributed by atoms with E-state index in [4.69, 9.17) is 0 Å². The second-order valence-corrected chi connectivity index (χ2v) is 17.0. The zero-order chi connectivity index (χ0) is 40.1. The highest BCUT2D eigenvalue weighted by atomic mass is 15.1. The fourth-order valence-corrected chi connectivity index (χ4v) is 9.41. The highest BCUT2D eigenvalue weighted by Gasteiger charge is 2.34. The molecule has 8 aromatic carbocycles. The van der Waals surface area contributed by atoms with E-state index in [0.717, 1.165) is 17.1 Å². The lowest BCUT2D eigenvalue weighted by Gasteiger charge is -2.28. The molecule has 59 heavy (non-hydrogen) atoms. The minimum Gasteiger partial charge on any atom is -0.311 e. The van der Waals surface area contributed by atoms with Crippen molar-refractivity contribution in [2.24, 2.45) is 0 Å². The van der Waals surface area contributed by atoms with Crippen LogP contribution in [0, 0.1) is 0 Å². The van der Waals surface area contributed by atoms with Crippen LogP contribution in [0.3, 0.4) is 0 Å². The molecule has 0 aliphatic heterocycles. The van der Waals surface area contributed by atoms with Gasteiger partial charge in [-0.2, -0.15) is 0 Å². The third-order valence-corrected chi connectivity index (χ3v) is 12.8. The van der Waals surface area contributed by atoms with Gasteiger partial charge < -0.3 is 4.90 Å². The quantitative estimate of drug-likeness (QED) is 0.149. The Balaban J connectivity index is 0.960. The van der Waals surface area contributed by atoms with Crippen molar-refractivity contribution in [2.45, 2.75) is 38.5 Å². The van der Waals surface area contributed by atoms with Crippen molar-refractivity contribution in [3.05, 3.63) is 234 Å². The molecule has 0 N–H and O–H groups in total. The zero-order valence-electron chi connectivity index (χ0n) is 34.2. The first-order valence-corrected chi connectivity index (χ1v) is 20.7. The van der Waals surface area contributed by atoms with Crippen LogP contribution in [0.5, 0.6) is 0 Å². The molecule has 0 saturated heterocycles. The Morgan fingerprint density at radius 2 is 0.542 bits per heavy atom. The maximum Gasteiger partial charge on any atom is 0.0462 e. The average Bonchev–Trinajstić information content (AvgIpc) is 3.72. The third-order valence-electron chi connectivity index (χ3n) is 12.8. The summed E-state index contributed by atoms with van der Waals surface area (Å²) in [7, 11) is 0. The Morgan fingerprint density at radius 3 is 0.898 bits per heavy atom. The normalized spacial score (nSPS) is 14.6. The molecule has 284 valence electrons. The first-order chi connectivity index (χ1) is 28.7. The topological polar surface area (TPSA) is 3.24 Å². The van der Waals surface area contributed by atoms with Gasteiger partial charge in [-0.3, -0.25) is 0 Å². The van der Waals surface area contributed by atoms with Crippen LogP contribution >= 0.6 is 0 Å². The van der Waals surface area contributed by atoms with Crippen molar-refractivity contribution in [3.8, 4) is 33.4 Å². The van der Waals surface area contributed by atoms with Gasteiger partial charge in [-0.25, -0.2) is 0 Å². The highest BCUT2D eigenvalue weighted by Crippen LogP contribution is 2.48. The van der Waals surface area contributed by atoms with Gasteiger partial charge in [0.2, 0.25) is 0 Å². The van der Waals surface area contributed by atoms with Gasteiger partial charge in [-0.1, -0.05) is 191 Å². The first kappa shape index (κ1) is 36.4. The van der Waals surface area contributed by atoms with Crippen LogP contribution in [0.25, 0.3) is 56.7 Å². The number of rotatable bonds is 8. The Hall–Kier alpha value is -6.96. The summed E-state index contributed by atoms with van der Waals surface area (Å²) < 4.78 is 0. The summed E-state index contributed by atoms with van der Waals surface area (Å²) in [5, 5.41) is 0. The molecule has 2 aliphatic carbocycles. The van der Waals surface area contributed by atoms with Gasteiger partial charge in [0.25, 0.3) is 0 Å². The molecular weight excluding hydrogens is 711 g/mol. The molecule has 0 heterocycles. The van der Waals surface area contributed by atoms with Gasteiger partial charge in [-0.05, 0) is 126 Å². The molecule has 0 fully saturated rings. The van der Waals surface area contributed by atoms with Crippen molar-refractivity contribution < 1.29 is 0 Å². The molecule has 8 aromatic rings. The SMILES string of the molecule is CC1(C)C(c2ccc(-c3ccc(N(c4ccc(C5=Cc6ccccc6C5(C)C)cc4)c4ccc(-c5ccc(-c6ccccc6)cc5)cc4)cc3)cc2)=Cc2ccccc21. The van der Waals surface area contributed by atoms with Gasteiger partial charge in [0, 0.05) is 27.9 Å². The number of nitrogens with zero attached hydrogens (tertiary/aromatic N) is 1. The predicted molar refractivity (Wildman–Crippen MR) is 252 cm³/mol. The van der Waals surface area contributed by atoms with Gasteiger partial charge >= 0.3 is 0 Å². The number of fused-ring (bicyclic) bond motifs is 2. The van der Waals surface area contributed by atoms with Crippen molar-refractivity contribution in [1.29, 1.82) is 0 Å². The maximum atomic E-state index is 2.37. The summed E-state index contributed by atoms with van der Waals surface area (Å²) in [5.74, 6) is 0. The van der Waals surface area contributed by atoms with Crippen molar-refractivity contribution in [1.82, 2.24) is 0 Å². The van der Waals surface area contributed by atoms with Crippen LogP contribution in [0.2, 0.25) is 0 Å². The first-order valence-electron chi connectivity index (χ1n) is 20.7. The van der Waals surface area contributed by atoms with E-state index in [0.29, 0.717) is 0 Å². The molecule has 0 saturated carbocycles. The molecule has 0 unspecified atom stereocenters. The van der Waals surface area contributed by atoms with E-state index in [1.807, 2.05) is 0 Å². The molecule has 10 rings (SSSR count). The lowest BCUT2D eigenvalue weighted by atomic mass is 9.78. The van der Waals surface area contributed by atoms with Crippen LogP contribution in [-0.2, 0) is 10.8 Å². The van der Waals surface area contributed by atoms with E-state index in [1.54, 1.807) is 0 Å². The number of anilines is 3. The largest absolute Gasteiger partial charge is 0.311 e. The Morgan fingerprint density at radius 1 is 0.271 bits per heavy atom. The molecule has 0 bridgehead atoms. The van der Waals surface area contributed by atoms with Crippen LogP contribution in [0.1, 0.15) is 61.1 Å². The lowest BCUT2D eigenvalue weighted by Crippen LogP contribution is -2.16. The predicted octanol–water partition coefficient (Wildman–Crippen LogP) is 15.8.